The lowest BCUT2D eigenvalue weighted by Gasteiger charge is -2.28. The number of rotatable bonds is 7. The summed E-state index contributed by atoms with van der Waals surface area (Å²) in [4.78, 5) is 10.8. The number of carbonyl (C=O) groups excluding carboxylic acids is 1. The van der Waals surface area contributed by atoms with Crippen molar-refractivity contribution in [2.24, 2.45) is 5.73 Å². The van der Waals surface area contributed by atoms with E-state index in [1.54, 1.807) is 5.32 Å². The number of halogens is 1. The number of phenolic OH excluding ortho intramolecular Hbond substituents is 4. The molecule has 0 saturated carbocycles. The van der Waals surface area contributed by atoms with E-state index in [-0.39, 0.29) is 0 Å². The van der Waals surface area contributed by atoms with Crippen LogP contribution in [0.4, 0.5) is 4.39 Å². The summed E-state index contributed by atoms with van der Waals surface area (Å²) in [6.07, 6.45) is 0. The number of nitrogens with one attached hydrogen (secondary N) is 1. The van der Waals surface area contributed by atoms with Gasteiger partial charge in [0.2, 0.25) is 23.2 Å². The molecule has 0 aromatic heterocycles. The summed E-state index contributed by atoms with van der Waals surface area (Å²) < 4.78 is 17.9. The van der Waals surface area contributed by atoms with Crippen molar-refractivity contribution in [3.05, 3.63) is 41.2 Å². The smallest absolute Gasteiger partial charge is 0.351 e. The molecule has 0 saturated heterocycles. The maximum Gasteiger partial charge on any atom is 0.351 e. The third-order valence-electron chi connectivity index (χ3n) is 3.66. The lowest BCUT2D eigenvalue weighted by molar-refractivity contribution is -0.305. The molecule has 0 atom stereocenters. The van der Waals surface area contributed by atoms with Crippen LogP contribution in [0.1, 0.15) is 11.1 Å². The van der Waals surface area contributed by atoms with Crippen LogP contribution in [0.2, 0.25) is 0 Å². The fourth-order valence-corrected chi connectivity index (χ4v) is 2.29. The summed E-state index contributed by atoms with van der Waals surface area (Å²) in [7, 11) is 0. The van der Waals surface area contributed by atoms with Crippen LogP contribution in [-0.2, 0) is 16.7 Å². The third kappa shape index (κ3) is 4.39. The van der Waals surface area contributed by atoms with E-state index in [9.17, 15) is 50.0 Å². The van der Waals surface area contributed by atoms with Crippen molar-refractivity contribution in [3.63, 3.8) is 0 Å². The monoisotopic (exact) mass is 416 g/mol. The van der Waals surface area contributed by atoms with E-state index in [0.29, 0.717) is 6.07 Å². The number of phenols is 4. The van der Waals surface area contributed by atoms with Crippen molar-refractivity contribution < 1.29 is 54.8 Å². The van der Waals surface area contributed by atoms with Crippen LogP contribution in [0.3, 0.4) is 0 Å². The van der Waals surface area contributed by atoms with Crippen molar-refractivity contribution in [1.29, 1.82) is 0 Å². The Bertz CT molecular complexity index is 919. The van der Waals surface area contributed by atoms with Crippen LogP contribution in [0.25, 0.3) is 0 Å². The maximum absolute atomic E-state index is 13.3. The van der Waals surface area contributed by atoms with Gasteiger partial charge in [-0.2, -0.15) is 0 Å². The van der Waals surface area contributed by atoms with Crippen LogP contribution >= 0.6 is 0 Å². The van der Waals surface area contributed by atoms with E-state index >= 15 is 0 Å². The Hall–Kier alpha value is -3.36. The number of nitrogens with two attached hydrogens (primary N) is 1. The first-order valence-corrected chi connectivity index (χ1v) is 7.66. The largest absolute Gasteiger partial charge is 0.504 e. The molecule has 0 radical (unpaired) electrons. The molecule has 2 aromatic rings. The number of ether oxygens (including phenoxy) is 1. The molecule has 0 fully saturated rings. The second kappa shape index (κ2) is 7.57. The highest BCUT2D eigenvalue weighted by Gasteiger charge is 2.40. The fourth-order valence-electron chi connectivity index (χ4n) is 2.29. The zero-order valence-electron chi connectivity index (χ0n) is 14.4. The number of carbonyl (C=O) groups is 1. The molecular formula is C16H17FN2O10. The molecule has 13 heteroatoms. The topological polar surface area (TPSA) is 226 Å². The van der Waals surface area contributed by atoms with E-state index in [1.165, 1.54) is 0 Å². The van der Waals surface area contributed by atoms with Crippen LogP contribution < -0.4 is 15.8 Å². The summed E-state index contributed by atoms with van der Waals surface area (Å²) in [6, 6.07) is 3.71. The second-order valence-corrected chi connectivity index (χ2v) is 5.81. The zero-order chi connectivity index (χ0) is 22.1. The van der Waals surface area contributed by atoms with Crippen LogP contribution in [0, 0.1) is 5.82 Å². The summed E-state index contributed by atoms with van der Waals surface area (Å²) in [6.45, 7) is -0.860. The highest BCUT2D eigenvalue weighted by Crippen LogP contribution is 2.54. The van der Waals surface area contributed by atoms with Gasteiger partial charge in [0, 0.05) is 0 Å². The lowest BCUT2D eigenvalue weighted by atomic mass is 10.1. The Labute approximate surface area is 161 Å². The van der Waals surface area contributed by atoms with Gasteiger partial charge in [0.1, 0.15) is 11.4 Å². The molecule has 0 aliphatic heterocycles. The number of hydrogen-bond donors (Lipinski definition) is 10. The van der Waals surface area contributed by atoms with Gasteiger partial charge in [-0.1, -0.05) is 6.07 Å². The molecule has 0 unspecified atom stereocenters. The minimum Gasteiger partial charge on any atom is -0.504 e. The quantitative estimate of drug-likeness (QED) is 0.135. The molecule has 0 spiro atoms. The van der Waals surface area contributed by atoms with Gasteiger partial charge in [-0.15, -0.1) is 0 Å². The molecule has 12 nitrogen and oxygen atoms in total. The molecular weight excluding hydrogens is 399 g/mol. The average Bonchev–Trinajstić information content (AvgIpc) is 2.62. The predicted octanol–water partition coefficient (Wildman–Crippen LogP) is -2.01. The van der Waals surface area contributed by atoms with Gasteiger partial charge in [-0.25, -0.2) is 4.39 Å². The van der Waals surface area contributed by atoms with Crippen LogP contribution in [0.15, 0.2) is 24.3 Å². The molecule has 1 amide bonds. The Kier molecular flexibility index (Phi) is 5.73. The van der Waals surface area contributed by atoms with Crippen molar-refractivity contribution in [2.75, 3.05) is 6.54 Å². The first kappa shape index (κ1) is 21.9. The molecule has 11 N–H and O–H groups in total. The van der Waals surface area contributed by atoms with Crippen molar-refractivity contribution in [1.82, 2.24) is 5.32 Å². The first-order valence-electron chi connectivity index (χ1n) is 7.66. The van der Waals surface area contributed by atoms with Crippen molar-refractivity contribution >= 4 is 5.91 Å². The van der Waals surface area contributed by atoms with E-state index in [1.807, 2.05) is 0 Å². The molecule has 0 heterocycles. The number of hydrogen-bond acceptors (Lipinski definition) is 11. The van der Waals surface area contributed by atoms with Gasteiger partial charge in [0.15, 0.2) is 11.5 Å². The standard InChI is InChI=1S/C16H17FN2O10/c17-7-3-1-2-6(4-7)16(27,28)29-14-12(23)10(21)9(11(22)13(14)24)15(25,26)19-5-8(18)20/h1-4,19,21-28H,5H2,(H2,18,20). The minimum atomic E-state index is -3.38. The highest BCUT2D eigenvalue weighted by molar-refractivity contribution is 5.76. The summed E-state index contributed by atoms with van der Waals surface area (Å²) in [5.41, 5.74) is 2.92. The van der Waals surface area contributed by atoms with Crippen molar-refractivity contribution in [2.45, 2.75) is 11.9 Å². The van der Waals surface area contributed by atoms with Crippen molar-refractivity contribution in [3.8, 4) is 28.7 Å². The number of benzene rings is 2. The number of primary amides is 1. The summed E-state index contributed by atoms with van der Waals surface area (Å²) in [5, 5.41) is 81.5. The minimum absolute atomic E-state index is 0.596. The van der Waals surface area contributed by atoms with E-state index in [2.05, 4.69) is 4.74 Å². The van der Waals surface area contributed by atoms with Gasteiger partial charge >= 0.3 is 5.97 Å². The normalized spacial score (nSPS) is 12.0. The Balaban J connectivity index is 2.52. The Morgan fingerprint density at radius 2 is 1.59 bits per heavy atom. The van der Waals surface area contributed by atoms with Gasteiger partial charge in [-0.05, 0) is 18.2 Å². The molecule has 29 heavy (non-hydrogen) atoms. The predicted molar refractivity (Wildman–Crippen MR) is 89.6 cm³/mol. The Morgan fingerprint density at radius 3 is 2.07 bits per heavy atom. The summed E-state index contributed by atoms with van der Waals surface area (Å²) >= 11 is 0. The lowest BCUT2D eigenvalue weighted by Crippen LogP contribution is -2.46. The van der Waals surface area contributed by atoms with Crippen LogP contribution in [-0.4, -0.2) is 53.3 Å². The third-order valence-corrected chi connectivity index (χ3v) is 3.66. The van der Waals surface area contributed by atoms with E-state index in [0.717, 1.165) is 18.2 Å². The van der Waals surface area contributed by atoms with Gasteiger partial charge in [-0.3, -0.25) is 10.1 Å². The first-order chi connectivity index (χ1) is 13.3. The van der Waals surface area contributed by atoms with Gasteiger partial charge < -0.3 is 51.3 Å². The molecule has 0 aliphatic rings. The van der Waals surface area contributed by atoms with E-state index in [4.69, 9.17) is 5.73 Å². The molecule has 2 rings (SSSR count). The summed E-state index contributed by atoms with van der Waals surface area (Å²) in [5.74, 6) is -15.9. The SMILES string of the molecule is NC(=O)CNC(O)(O)c1c(O)c(O)c(OC(O)(O)c2cccc(F)c2)c(O)c1O. The maximum atomic E-state index is 13.3. The zero-order valence-corrected chi connectivity index (χ0v) is 14.4. The second-order valence-electron chi connectivity index (χ2n) is 5.81. The molecule has 0 aliphatic carbocycles. The molecule has 0 bridgehead atoms. The van der Waals surface area contributed by atoms with Crippen LogP contribution in [0.5, 0.6) is 28.7 Å². The molecule has 158 valence electrons. The van der Waals surface area contributed by atoms with Gasteiger partial charge in [0.05, 0.1) is 12.1 Å². The fraction of sp³-hybridized carbons (Fsp3) is 0.188. The molecule has 2 aromatic carbocycles. The number of aromatic hydroxyl groups is 4. The highest BCUT2D eigenvalue weighted by atomic mass is 19.1. The van der Waals surface area contributed by atoms with E-state index < -0.39 is 70.0 Å². The number of amides is 1. The average molecular weight is 416 g/mol. The van der Waals surface area contributed by atoms with Gasteiger partial charge in [0.25, 0.3) is 5.91 Å². The number of aliphatic hydroxyl groups is 4. The Morgan fingerprint density at radius 1 is 1.03 bits per heavy atom.